The summed E-state index contributed by atoms with van der Waals surface area (Å²) in [5, 5.41) is 10.3. The van der Waals surface area contributed by atoms with Crippen molar-refractivity contribution < 1.29 is 36.3 Å². The third-order valence-corrected chi connectivity index (χ3v) is 7.80. The van der Waals surface area contributed by atoms with Gasteiger partial charge in [-0.25, -0.2) is 13.2 Å². The Hall–Kier alpha value is -2.48. The van der Waals surface area contributed by atoms with E-state index in [1.165, 1.54) is 4.31 Å². The molecule has 2 aromatic rings. The number of nitrogens with zero attached hydrogens (tertiary/aromatic N) is 2. The quantitative estimate of drug-likeness (QED) is 0.509. The summed E-state index contributed by atoms with van der Waals surface area (Å²) in [5.74, 6) is -2.76. The van der Waals surface area contributed by atoms with Crippen LogP contribution in [0.3, 0.4) is 0 Å². The molecule has 1 heterocycles. The number of benzene rings is 2. The number of carbonyl (C=O) groups is 2. The van der Waals surface area contributed by atoms with Gasteiger partial charge in [-0.1, -0.05) is 46.3 Å². The van der Waals surface area contributed by atoms with E-state index in [2.05, 4.69) is 21.2 Å². The van der Waals surface area contributed by atoms with Crippen molar-refractivity contribution in [3.05, 3.63) is 64.1 Å². The first-order valence-electron chi connectivity index (χ1n) is 10.9. The van der Waals surface area contributed by atoms with E-state index in [9.17, 15) is 26.4 Å². The first-order valence-corrected chi connectivity index (χ1v) is 13.1. The summed E-state index contributed by atoms with van der Waals surface area (Å²) in [6.45, 7) is 5.03. The number of piperazine rings is 1. The molecule has 36 heavy (non-hydrogen) atoms. The third-order valence-electron chi connectivity index (χ3n) is 5.27. The maximum atomic E-state index is 13.4. The number of alkyl halides is 3. The molecule has 1 fully saturated rings. The van der Waals surface area contributed by atoms with Crippen molar-refractivity contribution in [2.24, 2.45) is 0 Å². The highest BCUT2D eigenvalue weighted by Crippen LogP contribution is 2.23. The molecule has 2 aromatic carbocycles. The summed E-state index contributed by atoms with van der Waals surface area (Å²) in [4.78, 5) is 23.6. The van der Waals surface area contributed by atoms with Crippen LogP contribution in [0.5, 0.6) is 0 Å². The summed E-state index contributed by atoms with van der Waals surface area (Å²) in [5.41, 5.74) is 1.57. The van der Waals surface area contributed by atoms with Crippen LogP contribution in [0.4, 0.5) is 13.2 Å². The summed E-state index contributed by atoms with van der Waals surface area (Å²) in [6, 6.07) is 14.5. The van der Waals surface area contributed by atoms with Gasteiger partial charge < -0.3 is 15.3 Å². The number of amides is 1. The normalized spacial score (nSPS) is 14.2. The zero-order valence-electron chi connectivity index (χ0n) is 19.5. The van der Waals surface area contributed by atoms with Crippen molar-refractivity contribution in [2.45, 2.75) is 31.0 Å². The molecule has 198 valence electrons. The number of hydrogen-bond acceptors (Lipinski definition) is 5. The fourth-order valence-electron chi connectivity index (χ4n) is 3.36. The van der Waals surface area contributed by atoms with Gasteiger partial charge in [-0.3, -0.25) is 4.79 Å². The van der Waals surface area contributed by atoms with Crippen molar-refractivity contribution in [3.8, 4) is 0 Å². The van der Waals surface area contributed by atoms with Crippen molar-refractivity contribution >= 4 is 37.8 Å². The lowest BCUT2D eigenvalue weighted by Gasteiger charge is -2.29. The highest BCUT2D eigenvalue weighted by atomic mass is 79.9. The van der Waals surface area contributed by atoms with E-state index in [0.717, 1.165) is 23.1 Å². The Morgan fingerprint density at radius 2 is 1.64 bits per heavy atom. The van der Waals surface area contributed by atoms with Crippen molar-refractivity contribution in [1.29, 1.82) is 0 Å². The Balaban J connectivity index is 0.000000572. The molecule has 1 saturated heterocycles. The summed E-state index contributed by atoms with van der Waals surface area (Å²) >= 11 is 3.40. The molecule has 0 spiro atoms. The molecule has 1 amide bonds. The fraction of sp³-hybridized carbons (Fsp3) is 0.391. The van der Waals surface area contributed by atoms with E-state index in [0.29, 0.717) is 18.7 Å². The molecule has 0 saturated carbocycles. The van der Waals surface area contributed by atoms with Gasteiger partial charge in [0.15, 0.2) is 0 Å². The lowest BCUT2D eigenvalue weighted by molar-refractivity contribution is -0.192. The van der Waals surface area contributed by atoms with E-state index in [1.807, 2.05) is 30.3 Å². The van der Waals surface area contributed by atoms with Crippen LogP contribution < -0.4 is 5.32 Å². The van der Waals surface area contributed by atoms with Crippen molar-refractivity contribution in [1.82, 2.24) is 14.5 Å². The van der Waals surface area contributed by atoms with Crippen molar-refractivity contribution in [2.75, 3.05) is 32.7 Å². The van der Waals surface area contributed by atoms with Crippen LogP contribution in [0.2, 0.25) is 0 Å². The highest BCUT2D eigenvalue weighted by molar-refractivity contribution is 9.10. The molecule has 13 heteroatoms. The zero-order chi connectivity index (χ0) is 26.9. The molecule has 8 nitrogen and oxygen atoms in total. The van der Waals surface area contributed by atoms with E-state index in [1.54, 1.807) is 30.0 Å². The van der Waals surface area contributed by atoms with Gasteiger partial charge in [0.2, 0.25) is 15.9 Å². The van der Waals surface area contributed by atoms with Crippen LogP contribution in [0.1, 0.15) is 17.5 Å². The molecule has 0 bridgehead atoms. The van der Waals surface area contributed by atoms with Gasteiger partial charge in [-0.15, -0.1) is 0 Å². The van der Waals surface area contributed by atoms with Gasteiger partial charge in [-0.05, 0) is 36.2 Å². The minimum Gasteiger partial charge on any atom is -0.475 e. The Morgan fingerprint density at radius 1 is 1.08 bits per heavy atom. The second kappa shape index (κ2) is 13.2. The van der Waals surface area contributed by atoms with Gasteiger partial charge >= 0.3 is 12.1 Å². The SMILES string of the molecule is Cc1ccccc1S(=O)(=O)N(CCC(=O)N1CCNCC1)Cc1ccc(Br)cc1.O=C(O)C(F)(F)F. The molecule has 1 aliphatic rings. The smallest absolute Gasteiger partial charge is 0.475 e. The predicted molar refractivity (Wildman–Crippen MR) is 131 cm³/mol. The minimum absolute atomic E-state index is 0.00714. The van der Waals surface area contributed by atoms with Crippen LogP contribution in [0.15, 0.2) is 57.9 Å². The van der Waals surface area contributed by atoms with Crippen LogP contribution in [0.25, 0.3) is 0 Å². The maximum Gasteiger partial charge on any atom is 0.490 e. The Morgan fingerprint density at radius 3 is 2.17 bits per heavy atom. The van der Waals surface area contributed by atoms with Gasteiger partial charge in [0.1, 0.15) is 0 Å². The molecule has 0 unspecified atom stereocenters. The topological polar surface area (TPSA) is 107 Å². The number of carboxylic acids is 1. The number of halogens is 4. The average Bonchev–Trinajstić information content (AvgIpc) is 2.83. The zero-order valence-corrected chi connectivity index (χ0v) is 21.9. The second-order valence-electron chi connectivity index (χ2n) is 7.91. The Kier molecular flexibility index (Phi) is 10.9. The number of aryl methyl sites for hydroxylation is 1. The maximum absolute atomic E-state index is 13.4. The lowest BCUT2D eigenvalue weighted by Crippen LogP contribution is -2.47. The van der Waals surface area contributed by atoms with Crippen LogP contribution in [-0.2, 0) is 26.2 Å². The number of aliphatic carboxylic acids is 1. The number of carbonyl (C=O) groups excluding carboxylic acids is 1. The summed E-state index contributed by atoms with van der Waals surface area (Å²) in [6.07, 6.45) is -4.92. The summed E-state index contributed by atoms with van der Waals surface area (Å²) < 4.78 is 60.9. The number of hydrogen-bond donors (Lipinski definition) is 2. The number of rotatable bonds is 7. The fourth-order valence-corrected chi connectivity index (χ4v) is 5.27. The average molecular weight is 594 g/mol. The van der Waals surface area contributed by atoms with Gasteiger partial charge in [0, 0.05) is 50.2 Å². The van der Waals surface area contributed by atoms with Crippen LogP contribution in [-0.4, -0.2) is 73.5 Å². The number of nitrogens with one attached hydrogen (secondary N) is 1. The Bertz CT molecular complexity index is 1140. The molecule has 0 aliphatic carbocycles. The second-order valence-corrected chi connectivity index (χ2v) is 10.7. The highest BCUT2D eigenvalue weighted by Gasteiger charge is 2.38. The molecular formula is C23H27BrF3N3O5S. The predicted octanol–water partition coefficient (Wildman–Crippen LogP) is 3.40. The number of carboxylic acid groups (broad SMARTS) is 1. The lowest BCUT2D eigenvalue weighted by atomic mass is 10.2. The standard InChI is InChI=1S/C21H26BrN3O3S.C2HF3O2/c1-17-4-2-3-5-20(17)29(27,28)25(16-18-6-8-19(22)9-7-18)13-10-21(26)24-14-11-23-12-15-24;3-2(4,5)1(6)7/h2-9,23H,10-16H2,1H3;(H,6,7). The Labute approximate surface area is 216 Å². The van der Waals surface area contributed by atoms with Gasteiger partial charge in [-0.2, -0.15) is 17.5 Å². The molecule has 2 N–H and O–H groups in total. The van der Waals surface area contributed by atoms with Gasteiger partial charge in [0.25, 0.3) is 0 Å². The largest absolute Gasteiger partial charge is 0.490 e. The third kappa shape index (κ3) is 8.87. The van der Waals surface area contributed by atoms with E-state index < -0.39 is 22.2 Å². The molecule has 1 aliphatic heterocycles. The molecule has 0 atom stereocenters. The van der Waals surface area contributed by atoms with Crippen molar-refractivity contribution in [3.63, 3.8) is 0 Å². The first kappa shape index (κ1) is 29.7. The van der Waals surface area contributed by atoms with Gasteiger partial charge in [0.05, 0.1) is 4.90 Å². The van der Waals surface area contributed by atoms with E-state index in [4.69, 9.17) is 9.90 Å². The first-order chi connectivity index (χ1) is 16.8. The molecule has 3 rings (SSSR count). The molecule has 0 aromatic heterocycles. The molecule has 0 radical (unpaired) electrons. The van der Waals surface area contributed by atoms with Crippen LogP contribution >= 0.6 is 15.9 Å². The van der Waals surface area contributed by atoms with E-state index in [-0.39, 0.29) is 30.3 Å². The summed E-state index contributed by atoms with van der Waals surface area (Å²) in [7, 11) is -3.73. The molecular weight excluding hydrogens is 567 g/mol. The number of sulfonamides is 1. The van der Waals surface area contributed by atoms with E-state index >= 15 is 0 Å². The van der Waals surface area contributed by atoms with Crippen LogP contribution in [0, 0.1) is 6.92 Å². The minimum atomic E-state index is -5.08. The monoisotopic (exact) mass is 593 g/mol.